The molecule has 9 heteroatoms. The fourth-order valence-electron chi connectivity index (χ4n) is 3.61. The maximum Gasteiger partial charge on any atom is 0.410 e. The number of ether oxygens (including phenoxy) is 3. The molecule has 0 radical (unpaired) electrons. The number of hydrogen-bond donors (Lipinski definition) is 2. The van der Waals surface area contributed by atoms with E-state index in [0.29, 0.717) is 13.0 Å². The molecule has 1 saturated heterocycles. The third-order valence-corrected chi connectivity index (χ3v) is 5.16. The van der Waals surface area contributed by atoms with Gasteiger partial charge < -0.3 is 24.8 Å². The molecule has 3 amide bonds. The normalized spacial score (nSPS) is 19.2. The van der Waals surface area contributed by atoms with Crippen molar-refractivity contribution in [2.75, 3.05) is 26.8 Å². The molecule has 178 valence electrons. The van der Waals surface area contributed by atoms with Crippen LogP contribution in [0.25, 0.3) is 0 Å². The minimum Gasteiger partial charge on any atom is -0.445 e. The van der Waals surface area contributed by atoms with Crippen LogP contribution >= 0.6 is 0 Å². The van der Waals surface area contributed by atoms with Crippen molar-refractivity contribution in [3.8, 4) is 0 Å². The number of hydrogen-bond acceptors (Lipinski definition) is 6. The predicted molar refractivity (Wildman–Crippen MR) is 119 cm³/mol. The van der Waals surface area contributed by atoms with Gasteiger partial charge in [0.1, 0.15) is 18.2 Å². The van der Waals surface area contributed by atoms with Crippen molar-refractivity contribution < 1.29 is 28.6 Å². The van der Waals surface area contributed by atoms with Gasteiger partial charge in [0.25, 0.3) is 0 Å². The minimum absolute atomic E-state index is 0.114. The van der Waals surface area contributed by atoms with E-state index in [0.717, 1.165) is 12.0 Å². The molecule has 2 atom stereocenters. The largest absolute Gasteiger partial charge is 0.445 e. The van der Waals surface area contributed by atoms with Gasteiger partial charge in [-0.2, -0.15) is 0 Å². The first-order valence-corrected chi connectivity index (χ1v) is 10.8. The average molecular weight is 450 g/mol. The number of alkyl carbamates (subject to hydrolysis) is 1. The Morgan fingerprint density at radius 2 is 1.88 bits per heavy atom. The highest BCUT2D eigenvalue weighted by Gasteiger charge is 2.45. The Morgan fingerprint density at radius 1 is 1.19 bits per heavy atom. The van der Waals surface area contributed by atoms with Crippen molar-refractivity contribution in [2.45, 2.75) is 64.3 Å². The highest BCUT2D eigenvalue weighted by molar-refractivity contribution is 5.85. The van der Waals surface area contributed by atoms with Gasteiger partial charge in [-0.15, -0.1) is 0 Å². The van der Waals surface area contributed by atoms with Crippen LogP contribution in [0.4, 0.5) is 9.59 Å². The summed E-state index contributed by atoms with van der Waals surface area (Å²) in [5, 5.41) is 5.36. The minimum atomic E-state index is -0.811. The lowest BCUT2D eigenvalue weighted by Crippen LogP contribution is -2.59. The molecule has 1 aliphatic heterocycles. The summed E-state index contributed by atoms with van der Waals surface area (Å²) in [5.41, 5.74) is -0.481. The van der Waals surface area contributed by atoms with Gasteiger partial charge in [-0.05, 0) is 46.1 Å². The molecule has 1 unspecified atom stereocenters. The van der Waals surface area contributed by atoms with Crippen molar-refractivity contribution >= 4 is 18.1 Å². The van der Waals surface area contributed by atoms with E-state index >= 15 is 0 Å². The number of carbonyl (C=O) groups excluding carboxylic acids is 3. The molecule has 0 spiro atoms. The maximum absolute atomic E-state index is 12.7. The number of nitrogens with zero attached hydrogens (tertiary/aromatic N) is 1. The van der Waals surface area contributed by atoms with Gasteiger partial charge in [0.2, 0.25) is 5.91 Å². The summed E-state index contributed by atoms with van der Waals surface area (Å²) in [6, 6.07) is 8.46. The zero-order valence-electron chi connectivity index (χ0n) is 19.6. The van der Waals surface area contributed by atoms with E-state index in [-0.39, 0.29) is 25.7 Å². The number of amides is 3. The number of methoxy groups -OCH3 is 1. The lowest BCUT2D eigenvalue weighted by molar-refractivity contribution is -0.123. The molecule has 0 bridgehead atoms. The summed E-state index contributed by atoms with van der Waals surface area (Å²) in [7, 11) is 1.56. The highest BCUT2D eigenvalue weighted by Crippen LogP contribution is 2.31. The van der Waals surface area contributed by atoms with E-state index < -0.39 is 29.4 Å². The first kappa shape index (κ1) is 25.5. The molecule has 2 rings (SSSR count). The second-order valence-corrected chi connectivity index (χ2v) is 9.04. The molecule has 0 aliphatic carbocycles. The Hall–Kier alpha value is -2.81. The molecular formula is C23H35N3O6. The van der Waals surface area contributed by atoms with Crippen molar-refractivity contribution in [1.29, 1.82) is 0 Å². The fraction of sp³-hybridized carbons (Fsp3) is 0.609. The lowest BCUT2D eigenvalue weighted by atomic mass is 9.97. The third-order valence-electron chi connectivity index (χ3n) is 5.16. The van der Waals surface area contributed by atoms with Gasteiger partial charge in [-0.3, -0.25) is 9.69 Å². The summed E-state index contributed by atoms with van der Waals surface area (Å²) in [4.78, 5) is 39.0. The van der Waals surface area contributed by atoms with E-state index in [1.165, 1.54) is 0 Å². The topological polar surface area (TPSA) is 106 Å². The molecule has 1 fully saturated rings. The molecular weight excluding hydrogens is 414 g/mol. The van der Waals surface area contributed by atoms with Gasteiger partial charge in [0.15, 0.2) is 0 Å². The zero-order chi connectivity index (χ0) is 23.8. The van der Waals surface area contributed by atoms with Gasteiger partial charge in [0.05, 0.1) is 12.1 Å². The van der Waals surface area contributed by atoms with E-state index in [1.807, 2.05) is 51.1 Å². The van der Waals surface area contributed by atoms with E-state index in [4.69, 9.17) is 14.2 Å². The van der Waals surface area contributed by atoms with Crippen LogP contribution in [0.3, 0.4) is 0 Å². The van der Waals surface area contributed by atoms with Crippen LogP contribution in [0.15, 0.2) is 30.3 Å². The smallest absolute Gasteiger partial charge is 0.410 e. The fourth-order valence-corrected chi connectivity index (χ4v) is 3.61. The molecule has 32 heavy (non-hydrogen) atoms. The molecule has 1 heterocycles. The van der Waals surface area contributed by atoms with Crippen LogP contribution in [0, 0.1) is 0 Å². The van der Waals surface area contributed by atoms with Crippen LogP contribution in [0.1, 0.15) is 46.1 Å². The first-order valence-electron chi connectivity index (χ1n) is 10.8. The van der Waals surface area contributed by atoms with E-state index in [1.54, 1.807) is 18.9 Å². The SMILES string of the molecule is COCC1(CNC(=O)[C@H](C)NC(=O)OCc2ccccc2)CCCN1C(=O)OC(C)(C)C. The summed E-state index contributed by atoms with van der Waals surface area (Å²) in [6.45, 7) is 8.08. The average Bonchev–Trinajstić information content (AvgIpc) is 3.14. The van der Waals surface area contributed by atoms with Crippen LogP contribution in [0.2, 0.25) is 0 Å². The number of nitrogens with one attached hydrogen (secondary N) is 2. The van der Waals surface area contributed by atoms with Crippen molar-refractivity contribution in [3.63, 3.8) is 0 Å². The monoisotopic (exact) mass is 449 g/mol. The molecule has 0 aromatic heterocycles. The van der Waals surface area contributed by atoms with Crippen molar-refractivity contribution in [2.24, 2.45) is 0 Å². The summed E-state index contributed by atoms with van der Waals surface area (Å²) >= 11 is 0. The molecule has 9 nitrogen and oxygen atoms in total. The van der Waals surface area contributed by atoms with Gasteiger partial charge in [-0.1, -0.05) is 30.3 Å². The Bertz CT molecular complexity index is 780. The first-order chi connectivity index (χ1) is 15.1. The summed E-state index contributed by atoms with van der Waals surface area (Å²) < 4.78 is 16.1. The van der Waals surface area contributed by atoms with Crippen LogP contribution in [-0.4, -0.2) is 67.0 Å². The lowest BCUT2D eigenvalue weighted by Gasteiger charge is -2.39. The molecule has 1 aliphatic rings. The Labute approximate surface area is 189 Å². The van der Waals surface area contributed by atoms with Crippen LogP contribution in [-0.2, 0) is 25.6 Å². The standard InChI is InChI=1S/C23H35N3O6/c1-17(25-20(28)31-14-18-10-7-6-8-11-18)19(27)24-15-23(16-30-5)12-9-13-26(23)21(29)32-22(2,3)4/h6-8,10-11,17H,9,12-16H2,1-5H3,(H,24,27)(H,25,28)/t17-,23?/m0/s1. The second-order valence-electron chi connectivity index (χ2n) is 9.04. The Balaban J connectivity index is 1.90. The van der Waals surface area contributed by atoms with Crippen LogP contribution in [0.5, 0.6) is 0 Å². The molecule has 1 aromatic rings. The molecule has 1 aromatic carbocycles. The number of rotatable bonds is 8. The van der Waals surface area contributed by atoms with Gasteiger partial charge in [-0.25, -0.2) is 9.59 Å². The van der Waals surface area contributed by atoms with E-state index in [9.17, 15) is 14.4 Å². The second kappa shape index (κ2) is 11.2. The zero-order valence-corrected chi connectivity index (χ0v) is 19.6. The van der Waals surface area contributed by atoms with Crippen molar-refractivity contribution in [1.82, 2.24) is 15.5 Å². The quantitative estimate of drug-likeness (QED) is 0.632. The van der Waals surface area contributed by atoms with E-state index in [2.05, 4.69) is 10.6 Å². The Kier molecular flexibility index (Phi) is 8.89. The number of likely N-dealkylation sites (tertiary alicyclic amines) is 1. The highest BCUT2D eigenvalue weighted by atomic mass is 16.6. The number of benzene rings is 1. The molecule has 2 N–H and O–H groups in total. The Morgan fingerprint density at radius 3 is 2.50 bits per heavy atom. The molecule has 0 saturated carbocycles. The third kappa shape index (κ3) is 7.40. The van der Waals surface area contributed by atoms with Gasteiger partial charge in [0, 0.05) is 20.2 Å². The number of carbonyl (C=O) groups is 3. The van der Waals surface area contributed by atoms with Crippen molar-refractivity contribution in [3.05, 3.63) is 35.9 Å². The van der Waals surface area contributed by atoms with Gasteiger partial charge >= 0.3 is 12.2 Å². The summed E-state index contributed by atoms with van der Waals surface area (Å²) in [6.07, 6.45) is 0.329. The van der Waals surface area contributed by atoms with Crippen LogP contribution < -0.4 is 10.6 Å². The summed E-state index contributed by atoms with van der Waals surface area (Å²) in [5.74, 6) is -0.381. The predicted octanol–water partition coefficient (Wildman–Crippen LogP) is 2.83. The maximum atomic E-state index is 12.7.